The van der Waals surface area contributed by atoms with Crippen LogP contribution in [-0.4, -0.2) is 26.0 Å². The van der Waals surface area contributed by atoms with E-state index >= 15 is 0 Å². The molecule has 32 heavy (non-hydrogen) atoms. The number of carboxylic acids is 1. The van der Waals surface area contributed by atoms with Gasteiger partial charge >= 0.3 is 5.97 Å². The summed E-state index contributed by atoms with van der Waals surface area (Å²) in [6.45, 7) is 5.12. The molecule has 0 amide bonds. The number of anilines is 1. The summed E-state index contributed by atoms with van der Waals surface area (Å²) in [4.78, 5) is 11.4. The number of aromatic carboxylic acids is 1. The second-order valence-electron chi connectivity index (χ2n) is 7.06. The van der Waals surface area contributed by atoms with Gasteiger partial charge < -0.3 is 9.84 Å². The quantitative estimate of drug-likeness (QED) is 0.464. The zero-order valence-electron chi connectivity index (χ0n) is 17.6. The van der Waals surface area contributed by atoms with E-state index in [1.807, 2.05) is 0 Å². The summed E-state index contributed by atoms with van der Waals surface area (Å²) in [6.07, 6.45) is 0. The standard InChI is InChI=1S/C23H21ClFNO5S/c1-4-26(32(29,30)19-11-14(2)15(3)20(13-19)23(27)28)16-5-7-17(8-6-16)31-18-9-10-22(25)21(24)12-18/h5-13H,4H2,1-3H3,(H,27,28). The molecule has 3 aromatic carbocycles. The summed E-state index contributed by atoms with van der Waals surface area (Å²) in [7, 11) is -4.01. The van der Waals surface area contributed by atoms with E-state index in [1.54, 1.807) is 45.0 Å². The Kier molecular flexibility index (Phi) is 6.76. The molecule has 3 aromatic rings. The molecular formula is C23H21ClFNO5S. The van der Waals surface area contributed by atoms with Crippen LogP contribution in [-0.2, 0) is 10.0 Å². The minimum atomic E-state index is -4.01. The second kappa shape index (κ2) is 9.18. The van der Waals surface area contributed by atoms with Gasteiger partial charge in [0.1, 0.15) is 17.3 Å². The molecule has 0 radical (unpaired) electrons. The first-order valence-electron chi connectivity index (χ1n) is 9.65. The van der Waals surface area contributed by atoms with Crippen molar-refractivity contribution in [1.82, 2.24) is 0 Å². The number of nitrogens with zero attached hydrogens (tertiary/aromatic N) is 1. The molecule has 0 saturated carbocycles. The van der Waals surface area contributed by atoms with E-state index in [0.717, 1.165) is 0 Å². The zero-order valence-corrected chi connectivity index (χ0v) is 19.2. The molecule has 6 nitrogen and oxygen atoms in total. The van der Waals surface area contributed by atoms with E-state index in [0.29, 0.717) is 28.3 Å². The Balaban J connectivity index is 1.92. The zero-order chi connectivity index (χ0) is 23.6. The first-order valence-corrected chi connectivity index (χ1v) is 11.5. The van der Waals surface area contributed by atoms with Gasteiger partial charge in [-0.1, -0.05) is 11.6 Å². The lowest BCUT2D eigenvalue weighted by Crippen LogP contribution is -2.31. The number of halogens is 2. The fourth-order valence-corrected chi connectivity index (χ4v) is 4.93. The largest absolute Gasteiger partial charge is 0.478 e. The summed E-state index contributed by atoms with van der Waals surface area (Å²) in [5, 5.41) is 9.35. The number of rotatable bonds is 7. The van der Waals surface area contributed by atoms with Crippen LogP contribution in [0, 0.1) is 19.7 Å². The first kappa shape index (κ1) is 23.6. The van der Waals surface area contributed by atoms with E-state index in [9.17, 15) is 22.7 Å². The van der Waals surface area contributed by atoms with E-state index in [4.69, 9.17) is 16.3 Å². The fraction of sp³-hybridized carbons (Fsp3) is 0.174. The average molecular weight is 478 g/mol. The number of aryl methyl sites for hydroxylation is 1. The van der Waals surface area contributed by atoms with Crippen molar-refractivity contribution in [3.05, 3.63) is 82.1 Å². The van der Waals surface area contributed by atoms with Crippen LogP contribution in [0.3, 0.4) is 0 Å². The van der Waals surface area contributed by atoms with Gasteiger partial charge in [0.25, 0.3) is 10.0 Å². The maximum absolute atomic E-state index is 13.3. The maximum atomic E-state index is 13.3. The highest BCUT2D eigenvalue weighted by Gasteiger charge is 2.26. The van der Waals surface area contributed by atoms with Gasteiger partial charge in [0.15, 0.2) is 0 Å². The molecule has 0 spiro atoms. The lowest BCUT2D eigenvalue weighted by atomic mass is 10.0. The van der Waals surface area contributed by atoms with Crippen LogP contribution in [0.2, 0.25) is 5.02 Å². The van der Waals surface area contributed by atoms with Gasteiger partial charge in [-0.05, 0) is 80.4 Å². The van der Waals surface area contributed by atoms with Gasteiger partial charge in [-0.2, -0.15) is 0 Å². The molecule has 9 heteroatoms. The van der Waals surface area contributed by atoms with Crippen molar-refractivity contribution in [1.29, 1.82) is 0 Å². The van der Waals surface area contributed by atoms with E-state index in [2.05, 4.69) is 0 Å². The highest BCUT2D eigenvalue weighted by atomic mass is 35.5. The molecule has 0 aliphatic rings. The molecule has 0 saturated heterocycles. The molecule has 0 fully saturated rings. The Morgan fingerprint density at radius 1 is 1.06 bits per heavy atom. The molecule has 1 N–H and O–H groups in total. The highest BCUT2D eigenvalue weighted by Crippen LogP contribution is 2.30. The Morgan fingerprint density at radius 2 is 1.69 bits per heavy atom. The van der Waals surface area contributed by atoms with Crippen molar-refractivity contribution >= 4 is 33.3 Å². The predicted octanol–water partition coefficient (Wildman–Crippen LogP) is 5.80. The highest BCUT2D eigenvalue weighted by molar-refractivity contribution is 7.92. The van der Waals surface area contributed by atoms with Crippen molar-refractivity contribution in [3.63, 3.8) is 0 Å². The molecule has 3 rings (SSSR count). The van der Waals surface area contributed by atoms with Crippen LogP contribution in [0.5, 0.6) is 11.5 Å². The number of hydrogen-bond acceptors (Lipinski definition) is 4. The van der Waals surface area contributed by atoms with Crippen molar-refractivity contribution < 1.29 is 27.4 Å². The van der Waals surface area contributed by atoms with Crippen LogP contribution in [0.25, 0.3) is 0 Å². The Bertz CT molecular complexity index is 1280. The lowest BCUT2D eigenvalue weighted by Gasteiger charge is -2.24. The van der Waals surface area contributed by atoms with Crippen molar-refractivity contribution in [2.45, 2.75) is 25.7 Å². The van der Waals surface area contributed by atoms with Gasteiger partial charge in [-0.15, -0.1) is 0 Å². The topological polar surface area (TPSA) is 83.9 Å². The summed E-state index contributed by atoms with van der Waals surface area (Å²) in [6, 6.07) is 12.9. The summed E-state index contributed by atoms with van der Waals surface area (Å²) in [5.41, 5.74) is 1.41. The molecule has 0 heterocycles. The summed E-state index contributed by atoms with van der Waals surface area (Å²) in [5.74, 6) is -1.01. The minimum absolute atomic E-state index is 0.0543. The van der Waals surface area contributed by atoms with Crippen molar-refractivity contribution in [3.8, 4) is 11.5 Å². The Morgan fingerprint density at radius 3 is 2.25 bits per heavy atom. The lowest BCUT2D eigenvalue weighted by molar-refractivity contribution is 0.0695. The van der Waals surface area contributed by atoms with Crippen LogP contribution in [0.1, 0.15) is 28.4 Å². The number of ether oxygens (including phenoxy) is 1. The van der Waals surface area contributed by atoms with Crippen LogP contribution >= 0.6 is 11.6 Å². The molecule has 168 valence electrons. The number of hydrogen-bond donors (Lipinski definition) is 1. The number of carboxylic acid groups (broad SMARTS) is 1. The summed E-state index contributed by atoms with van der Waals surface area (Å²) < 4.78 is 46.7. The molecular weight excluding hydrogens is 457 g/mol. The Hall–Kier alpha value is -3.10. The van der Waals surface area contributed by atoms with Crippen LogP contribution < -0.4 is 9.04 Å². The molecule has 0 unspecified atom stereocenters. The third-order valence-corrected chi connectivity index (χ3v) is 7.17. The van der Waals surface area contributed by atoms with E-state index in [-0.39, 0.29) is 22.0 Å². The molecule has 0 atom stereocenters. The van der Waals surface area contributed by atoms with Crippen LogP contribution in [0.15, 0.2) is 59.5 Å². The third kappa shape index (κ3) is 4.71. The fourth-order valence-electron chi connectivity index (χ4n) is 3.17. The molecule has 0 aliphatic heterocycles. The van der Waals surface area contributed by atoms with E-state index < -0.39 is 21.8 Å². The van der Waals surface area contributed by atoms with Gasteiger partial charge in [-0.3, -0.25) is 4.31 Å². The van der Waals surface area contributed by atoms with Crippen molar-refractivity contribution in [2.75, 3.05) is 10.8 Å². The number of sulfonamides is 1. The summed E-state index contributed by atoms with van der Waals surface area (Å²) >= 11 is 5.76. The molecule has 0 aromatic heterocycles. The number of benzene rings is 3. The van der Waals surface area contributed by atoms with E-state index in [1.165, 1.54) is 34.6 Å². The smallest absolute Gasteiger partial charge is 0.336 e. The Labute approximate surface area is 190 Å². The normalized spacial score (nSPS) is 11.3. The molecule has 0 aliphatic carbocycles. The third-order valence-electron chi connectivity index (χ3n) is 5.00. The number of carbonyl (C=O) groups is 1. The van der Waals surface area contributed by atoms with Crippen LogP contribution in [0.4, 0.5) is 10.1 Å². The van der Waals surface area contributed by atoms with Gasteiger partial charge in [-0.25, -0.2) is 17.6 Å². The second-order valence-corrected chi connectivity index (χ2v) is 9.33. The SMILES string of the molecule is CCN(c1ccc(Oc2ccc(F)c(Cl)c2)cc1)S(=O)(=O)c1cc(C)c(C)c(C(=O)O)c1. The predicted molar refractivity (Wildman–Crippen MR) is 121 cm³/mol. The van der Waals surface area contributed by atoms with Gasteiger partial charge in [0.2, 0.25) is 0 Å². The van der Waals surface area contributed by atoms with Gasteiger partial charge in [0.05, 0.1) is 21.2 Å². The average Bonchev–Trinajstić information content (AvgIpc) is 2.74. The minimum Gasteiger partial charge on any atom is -0.478 e. The van der Waals surface area contributed by atoms with Gasteiger partial charge in [0, 0.05) is 12.6 Å². The first-order chi connectivity index (χ1) is 15.0. The maximum Gasteiger partial charge on any atom is 0.336 e. The molecule has 0 bridgehead atoms. The van der Waals surface area contributed by atoms with Crippen molar-refractivity contribution in [2.24, 2.45) is 0 Å². The monoisotopic (exact) mass is 477 g/mol.